The van der Waals surface area contributed by atoms with Gasteiger partial charge in [0.25, 0.3) is 0 Å². The Morgan fingerprint density at radius 1 is 1.30 bits per heavy atom. The third-order valence-corrected chi connectivity index (χ3v) is 5.64. The quantitative estimate of drug-likeness (QED) is 0.735. The van der Waals surface area contributed by atoms with Crippen LogP contribution in [0.3, 0.4) is 0 Å². The van der Waals surface area contributed by atoms with E-state index in [1.165, 1.54) is 0 Å². The van der Waals surface area contributed by atoms with Crippen LogP contribution in [0.5, 0.6) is 0 Å². The Morgan fingerprint density at radius 3 is 2.67 bits per heavy atom. The smallest absolute Gasteiger partial charge is 0.309 e. The molecule has 0 saturated carbocycles. The molecule has 1 heterocycles. The summed E-state index contributed by atoms with van der Waals surface area (Å²) in [6.07, 6.45) is 1.32. The first-order chi connectivity index (χ1) is 12.5. The minimum Gasteiger partial charge on any atom is -0.481 e. The number of fused-ring (bicyclic) bond motifs is 1. The highest BCUT2D eigenvalue weighted by molar-refractivity contribution is 5.74. The molecule has 0 aliphatic carbocycles. The monoisotopic (exact) mass is 369 g/mol. The maximum Gasteiger partial charge on any atom is 0.309 e. The highest BCUT2D eigenvalue weighted by Gasteiger charge is 2.35. The number of hydrogen-bond acceptors (Lipinski definition) is 2. The van der Waals surface area contributed by atoms with Crippen LogP contribution in [0.15, 0.2) is 36.4 Å². The van der Waals surface area contributed by atoms with Crippen molar-refractivity contribution < 1.29 is 14.3 Å². The van der Waals surface area contributed by atoms with Crippen LogP contribution < -0.4 is 5.32 Å². The Labute approximate surface area is 160 Å². The first kappa shape index (κ1) is 19.4. The van der Waals surface area contributed by atoms with Gasteiger partial charge >= 0.3 is 5.97 Å². The number of carboxylic acids is 1. The number of aryl methyl sites for hydroxylation is 1. The molecule has 1 unspecified atom stereocenters. The molecule has 0 amide bonds. The highest BCUT2D eigenvalue weighted by atomic mass is 19.1. The van der Waals surface area contributed by atoms with Crippen molar-refractivity contribution >= 4 is 11.7 Å². The number of rotatable bonds is 4. The molecule has 144 valence electrons. The Balaban J connectivity index is 1.94. The second-order valence-corrected chi connectivity index (χ2v) is 9.04. The third kappa shape index (κ3) is 3.85. The zero-order valence-corrected chi connectivity index (χ0v) is 16.7. The zero-order chi connectivity index (χ0) is 20.0. The van der Waals surface area contributed by atoms with E-state index < -0.39 is 11.4 Å². The number of nitrogens with one attached hydrogen (secondary N) is 1. The van der Waals surface area contributed by atoms with Crippen LogP contribution in [0, 0.1) is 18.2 Å². The summed E-state index contributed by atoms with van der Waals surface area (Å²) in [5.41, 5.74) is 4.11. The minimum absolute atomic E-state index is 0.101. The molecule has 1 atom stereocenters. The molecule has 0 fully saturated rings. The molecule has 1 aliphatic rings. The standard InChI is InChI=1S/C23H28FNO2/c1-14-9-17(24)11-18-20(14)25-19(13-22(18,2)3)16-8-6-7-15(10-16)12-23(4,5)21(26)27/h6-11,19,25H,12-13H2,1-5H3,(H,26,27). The molecule has 2 N–H and O–H groups in total. The van der Waals surface area contributed by atoms with Crippen LogP contribution in [-0.2, 0) is 16.6 Å². The molecule has 27 heavy (non-hydrogen) atoms. The van der Waals surface area contributed by atoms with E-state index in [1.807, 2.05) is 19.1 Å². The van der Waals surface area contributed by atoms with Gasteiger partial charge in [0.05, 0.1) is 11.5 Å². The van der Waals surface area contributed by atoms with E-state index in [0.29, 0.717) is 6.42 Å². The van der Waals surface area contributed by atoms with Crippen LogP contribution >= 0.6 is 0 Å². The van der Waals surface area contributed by atoms with Crippen LogP contribution in [0.2, 0.25) is 0 Å². The van der Waals surface area contributed by atoms with Crippen LogP contribution in [0.1, 0.15) is 62.4 Å². The van der Waals surface area contributed by atoms with Crippen LogP contribution in [-0.4, -0.2) is 11.1 Å². The Bertz CT molecular complexity index is 886. The fraction of sp³-hybridized carbons (Fsp3) is 0.435. The summed E-state index contributed by atoms with van der Waals surface area (Å²) in [5, 5.41) is 13.0. The van der Waals surface area contributed by atoms with E-state index in [4.69, 9.17) is 0 Å². The fourth-order valence-corrected chi connectivity index (χ4v) is 4.02. The minimum atomic E-state index is -0.807. The summed E-state index contributed by atoms with van der Waals surface area (Å²) in [7, 11) is 0. The van der Waals surface area contributed by atoms with Gasteiger partial charge < -0.3 is 10.4 Å². The van der Waals surface area contributed by atoms with Gasteiger partial charge in [0.1, 0.15) is 5.82 Å². The number of anilines is 1. The van der Waals surface area contributed by atoms with Gasteiger partial charge in [-0.05, 0) is 73.4 Å². The summed E-state index contributed by atoms with van der Waals surface area (Å²) in [4.78, 5) is 11.5. The van der Waals surface area contributed by atoms with Gasteiger partial charge in [-0.3, -0.25) is 4.79 Å². The van der Waals surface area contributed by atoms with E-state index >= 15 is 0 Å². The first-order valence-electron chi connectivity index (χ1n) is 9.39. The topological polar surface area (TPSA) is 49.3 Å². The number of benzene rings is 2. The molecule has 1 aliphatic heterocycles. The van der Waals surface area contributed by atoms with Gasteiger partial charge in [0.2, 0.25) is 0 Å². The van der Waals surface area contributed by atoms with Crippen molar-refractivity contribution in [1.82, 2.24) is 0 Å². The van der Waals surface area contributed by atoms with Gasteiger partial charge in [-0.15, -0.1) is 0 Å². The van der Waals surface area contributed by atoms with E-state index in [2.05, 4.69) is 31.3 Å². The van der Waals surface area contributed by atoms with E-state index in [1.54, 1.807) is 26.0 Å². The van der Waals surface area contributed by atoms with Crippen molar-refractivity contribution in [3.05, 3.63) is 64.5 Å². The Kier molecular flexibility index (Phi) is 4.79. The van der Waals surface area contributed by atoms with E-state index in [9.17, 15) is 14.3 Å². The molecule has 0 radical (unpaired) electrons. The second kappa shape index (κ2) is 6.66. The maximum absolute atomic E-state index is 13.9. The van der Waals surface area contributed by atoms with Gasteiger partial charge in [0, 0.05) is 5.69 Å². The lowest BCUT2D eigenvalue weighted by Gasteiger charge is -2.40. The van der Waals surface area contributed by atoms with Crippen molar-refractivity contribution in [3.8, 4) is 0 Å². The molecule has 0 aromatic heterocycles. The molecule has 2 aromatic carbocycles. The first-order valence-corrected chi connectivity index (χ1v) is 9.39. The number of hydrogen-bond donors (Lipinski definition) is 2. The lowest BCUT2D eigenvalue weighted by molar-refractivity contribution is -0.146. The summed E-state index contributed by atoms with van der Waals surface area (Å²) < 4.78 is 13.9. The Hall–Kier alpha value is -2.36. The van der Waals surface area contributed by atoms with Crippen molar-refractivity contribution in [1.29, 1.82) is 0 Å². The van der Waals surface area contributed by atoms with Crippen molar-refractivity contribution in [2.45, 2.75) is 58.9 Å². The number of aliphatic carboxylic acids is 1. The average Bonchev–Trinajstić information content (AvgIpc) is 2.55. The number of halogens is 1. The van der Waals surface area contributed by atoms with Crippen LogP contribution in [0.4, 0.5) is 10.1 Å². The SMILES string of the molecule is Cc1cc(F)cc2c1NC(c1cccc(CC(C)(C)C(=O)O)c1)CC2(C)C. The lowest BCUT2D eigenvalue weighted by atomic mass is 9.73. The maximum atomic E-state index is 13.9. The summed E-state index contributed by atoms with van der Waals surface area (Å²) in [6.45, 7) is 9.72. The Morgan fingerprint density at radius 2 is 2.00 bits per heavy atom. The number of carbonyl (C=O) groups is 1. The largest absolute Gasteiger partial charge is 0.481 e. The van der Waals surface area contributed by atoms with E-state index in [-0.39, 0.29) is 17.3 Å². The second-order valence-electron chi connectivity index (χ2n) is 9.04. The predicted molar refractivity (Wildman–Crippen MR) is 107 cm³/mol. The van der Waals surface area contributed by atoms with Crippen molar-refractivity contribution in [2.75, 3.05) is 5.32 Å². The van der Waals surface area contributed by atoms with Crippen molar-refractivity contribution in [3.63, 3.8) is 0 Å². The van der Waals surface area contributed by atoms with Gasteiger partial charge in [-0.25, -0.2) is 4.39 Å². The zero-order valence-electron chi connectivity index (χ0n) is 16.7. The fourth-order valence-electron chi connectivity index (χ4n) is 4.02. The molecule has 2 aromatic rings. The molecule has 4 heteroatoms. The van der Waals surface area contributed by atoms with Gasteiger partial charge in [0.15, 0.2) is 0 Å². The molecule has 3 rings (SSSR count). The normalized spacial score (nSPS) is 18.5. The highest BCUT2D eigenvalue weighted by Crippen LogP contribution is 2.45. The molecule has 3 nitrogen and oxygen atoms in total. The molecular weight excluding hydrogens is 341 g/mol. The van der Waals surface area contributed by atoms with Gasteiger partial charge in [-0.1, -0.05) is 38.1 Å². The average molecular weight is 369 g/mol. The molecular formula is C23H28FNO2. The number of carboxylic acid groups (broad SMARTS) is 1. The molecule has 0 saturated heterocycles. The third-order valence-electron chi connectivity index (χ3n) is 5.64. The lowest BCUT2D eigenvalue weighted by Crippen LogP contribution is -2.32. The predicted octanol–water partition coefficient (Wildman–Crippen LogP) is 5.62. The molecule has 0 bridgehead atoms. The van der Waals surface area contributed by atoms with Crippen LogP contribution in [0.25, 0.3) is 0 Å². The molecule has 0 spiro atoms. The summed E-state index contributed by atoms with van der Waals surface area (Å²) in [6, 6.07) is 11.5. The van der Waals surface area contributed by atoms with Gasteiger partial charge in [-0.2, -0.15) is 0 Å². The summed E-state index contributed by atoms with van der Waals surface area (Å²) >= 11 is 0. The summed E-state index contributed by atoms with van der Waals surface area (Å²) in [5.74, 6) is -0.992. The van der Waals surface area contributed by atoms with E-state index in [0.717, 1.165) is 34.4 Å². The van der Waals surface area contributed by atoms with Crippen molar-refractivity contribution in [2.24, 2.45) is 5.41 Å².